The SMILES string of the molecule is COc1nc(C(=O)N2CCCC(CO)C2)cc2ccccc12. The number of amides is 1. The molecule has 2 aromatic rings. The molecule has 3 rings (SSSR count). The Hall–Kier alpha value is -2.14. The van der Waals surface area contributed by atoms with E-state index in [9.17, 15) is 9.90 Å². The number of methoxy groups -OCH3 is 1. The molecule has 22 heavy (non-hydrogen) atoms. The Balaban J connectivity index is 1.93. The molecule has 0 bridgehead atoms. The van der Waals surface area contributed by atoms with Crippen molar-refractivity contribution >= 4 is 16.7 Å². The number of hydrogen-bond acceptors (Lipinski definition) is 4. The van der Waals surface area contributed by atoms with E-state index >= 15 is 0 Å². The Morgan fingerprint density at radius 1 is 1.45 bits per heavy atom. The summed E-state index contributed by atoms with van der Waals surface area (Å²) in [6, 6.07) is 9.53. The van der Waals surface area contributed by atoms with Crippen molar-refractivity contribution in [2.24, 2.45) is 5.92 Å². The van der Waals surface area contributed by atoms with Crippen LogP contribution < -0.4 is 4.74 Å². The molecular weight excluding hydrogens is 280 g/mol. The van der Waals surface area contributed by atoms with Crippen molar-refractivity contribution in [3.8, 4) is 5.88 Å². The number of aliphatic hydroxyl groups excluding tert-OH is 1. The molecule has 1 amide bonds. The van der Waals surface area contributed by atoms with Crippen LogP contribution in [0.3, 0.4) is 0 Å². The van der Waals surface area contributed by atoms with Gasteiger partial charge in [-0.05, 0) is 36.3 Å². The molecule has 0 aliphatic carbocycles. The Morgan fingerprint density at radius 2 is 2.27 bits per heavy atom. The van der Waals surface area contributed by atoms with E-state index in [0.717, 1.165) is 23.6 Å². The number of rotatable bonds is 3. The number of nitrogens with zero attached hydrogens (tertiary/aromatic N) is 2. The fraction of sp³-hybridized carbons (Fsp3) is 0.412. The van der Waals surface area contributed by atoms with Gasteiger partial charge in [-0.15, -0.1) is 0 Å². The number of aromatic nitrogens is 1. The summed E-state index contributed by atoms with van der Waals surface area (Å²) < 4.78 is 5.33. The lowest BCUT2D eigenvalue weighted by Gasteiger charge is -2.31. The van der Waals surface area contributed by atoms with Crippen LogP contribution in [-0.4, -0.2) is 47.7 Å². The van der Waals surface area contributed by atoms with Gasteiger partial charge in [0.05, 0.1) is 7.11 Å². The number of ether oxygens (including phenoxy) is 1. The Morgan fingerprint density at radius 3 is 3.05 bits per heavy atom. The van der Waals surface area contributed by atoms with Crippen molar-refractivity contribution in [2.75, 3.05) is 26.8 Å². The second kappa shape index (κ2) is 6.32. The number of aliphatic hydroxyl groups is 1. The van der Waals surface area contributed by atoms with Gasteiger partial charge in [-0.3, -0.25) is 4.79 Å². The molecule has 1 N–H and O–H groups in total. The molecule has 1 atom stereocenters. The highest BCUT2D eigenvalue weighted by Crippen LogP contribution is 2.25. The zero-order valence-electron chi connectivity index (χ0n) is 12.7. The highest BCUT2D eigenvalue weighted by molar-refractivity contribution is 5.98. The predicted octanol–water partition coefficient (Wildman–Crippen LogP) is 2.09. The summed E-state index contributed by atoms with van der Waals surface area (Å²) in [5, 5.41) is 11.1. The minimum absolute atomic E-state index is 0.0952. The quantitative estimate of drug-likeness (QED) is 0.943. The van der Waals surface area contributed by atoms with Gasteiger partial charge in [0.25, 0.3) is 5.91 Å². The monoisotopic (exact) mass is 300 g/mol. The summed E-state index contributed by atoms with van der Waals surface area (Å²) in [6.07, 6.45) is 1.89. The van der Waals surface area contributed by atoms with Crippen molar-refractivity contribution in [3.63, 3.8) is 0 Å². The maximum absolute atomic E-state index is 12.7. The Bertz CT molecular complexity index is 687. The first kappa shape index (κ1) is 14.8. The first-order valence-electron chi connectivity index (χ1n) is 7.57. The molecule has 116 valence electrons. The third-order valence-electron chi connectivity index (χ3n) is 4.18. The van der Waals surface area contributed by atoms with Gasteiger partial charge < -0.3 is 14.7 Å². The van der Waals surface area contributed by atoms with E-state index in [-0.39, 0.29) is 18.4 Å². The zero-order chi connectivity index (χ0) is 15.5. The minimum atomic E-state index is -0.0952. The lowest BCUT2D eigenvalue weighted by atomic mass is 9.98. The summed E-state index contributed by atoms with van der Waals surface area (Å²) >= 11 is 0. The van der Waals surface area contributed by atoms with Gasteiger partial charge in [-0.1, -0.05) is 18.2 Å². The molecule has 0 saturated carbocycles. The molecule has 5 heteroatoms. The average molecular weight is 300 g/mol. The van der Waals surface area contributed by atoms with Crippen LogP contribution in [0, 0.1) is 5.92 Å². The Labute approximate surface area is 129 Å². The van der Waals surface area contributed by atoms with Gasteiger partial charge in [-0.2, -0.15) is 0 Å². The highest BCUT2D eigenvalue weighted by atomic mass is 16.5. The lowest BCUT2D eigenvalue weighted by Crippen LogP contribution is -2.41. The molecule has 0 spiro atoms. The van der Waals surface area contributed by atoms with E-state index in [2.05, 4.69) is 4.98 Å². The van der Waals surface area contributed by atoms with Crippen molar-refractivity contribution in [3.05, 3.63) is 36.0 Å². The normalized spacial score (nSPS) is 18.5. The van der Waals surface area contributed by atoms with Crippen LogP contribution in [0.5, 0.6) is 5.88 Å². The van der Waals surface area contributed by atoms with E-state index in [1.165, 1.54) is 0 Å². The van der Waals surface area contributed by atoms with Gasteiger partial charge >= 0.3 is 0 Å². The number of benzene rings is 1. The number of fused-ring (bicyclic) bond motifs is 1. The maximum Gasteiger partial charge on any atom is 0.272 e. The van der Waals surface area contributed by atoms with E-state index in [0.29, 0.717) is 24.7 Å². The van der Waals surface area contributed by atoms with E-state index in [1.54, 1.807) is 12.0 Å². The molecule has 1 aliphatic rings. The molecule has 1 unspecified atom stereocenters. The first-order valence-corrected chi connectivity index (χ1v) is 7.57. The van der Waals surface area contributed by atoms with Crippen LogP contribution >= 0.6 is 0 Å². The Kier molecular flexibility index (Phi) is 4.24. The zero-order valence-corrected chi connectivity index (χ0v) is 12.7. The summed E-state index contributed by atoms with van der Waals surface area (Å²) in [7, 11) is 1.56. The fourth-order valence-corrected chi connectivity index (χ4v) is 2.99. The fourth-order valence-electron chi connectivity index (χ4n) is 2.99. The molecule has 1 aromatic carbocycles. The summed E-state index contributed by atoms with van der Waals surface area (Å²) in [6.45, 7) is 1.43. The van der Waals surface area contributed by atoms with E-state index < -0.39 is 0 Å². The van der Waals surface area contributed by atoms with Gasteiger partial charge in [0.2, 0.25) is 5.88 Å². The smallest absolute Gasteiger partial charge is 0.272 e. The second-order valence-corrected chi connectivity index (χ2v) is 5.68. The van der Waals surface area contributed by atoms with Gasteiger partial charge in [0, 0.05) is 25.1 Å². The van der Waals surface area contributed by atoms with E-state index in [4.69, 9.17) is 4.74 Å². The van der Waals surface area contributed by atoms with Crippen LogP contribution in [0.4, 0.5) is 0 Å². The molecule has 1 fully saturated rings. The van der Waals surface area contributed by atoms with E-state index in [1.807, 2.05) is 30.3 Å². The highest BCUT2D eigenvalue weighted by Gasteiger charge is 2.25. The summed E-state index contributed by atoms with van der Waals surface area (Å²) in [4.78, 5) is 18.8. The molecule has 1 saturated heterocycles. The van der Waals surface area contributed by atoms with Crippen LogP contribution in [0.2, 0.25) is 0 Å². The van der Waals surface area contributed by atoms with Crippen LogP contribution in [0.1, 0.15) is 23.3 Å². The number of pyridine rings is 1. The van der Waals surface area contributed by atoms with Gasteiger partial charge in [0.15, 0.2) is 0 Å². The topological polar surface area (TPSA) is 62.7 Å². The maximum atomic E-state index is 12.7. The van der Waals surface area contributed by atoms with Crippen molar-refractivity contribution in [1.29, 1.82) is 0 Å². The second-order valence-electron chi connectivity index (χ2n) is 5.68. The molecule has 5 nitrogen and oxygen atoms in total. The number of carbonyl (C=O) groups is 1. The number of carbonyl (C=O) groups excluding carboxylic acids is 1. The lowest BCUT2D eigenvalue weighted by molar-refractivity contribution is 0.0614. The molecule has 0 radical (unpaired) electrons. The van der Waals surface area contributed by atoms with Crippen molar-refractivity contribution in [2.45, 2.75) is 12.8 Å². The third-order valence-corrected chi connectivity index (χ3v) is 4.18. The minimum Gasteiger partial charge on any atom is -0.481 e. The predicted molar refractivity (Wildman–Crippen MR) is 84.0 cm³/mol. The first-order chi connectivity index (χ1) is 10.7. The number of piperidine rings is 1. The molecule has 1 aliphatic heterocycles. The van der Waals surface area contributed by atoms with Gasteiger partial charge in [0.1, 0.15) is 5.69 Å². The molecular formula is C17H20N2O3. The van der Waals surface area contributed by atoms with Crippen LogP contribution in [0.15, 0.2) is 30.3 Å². The third kappa shape index (κ3) is 2.76. The average Bonchev–Trinajstić information content (AvgIpc) is 2.60. The summed E-state index contributed by atoms with van der Waals surface area (Å²) in [5.74, 6) is 0.541. The molecule has 1 aromatic heterocycles. The largest absolute Gasteiger partial charge is 0.481 e. The number of hydrogen-bond donors (Lipinski definition) is 1. The molecule has 2 heterocycles. The van der Waals surface area contributed by atoms with Crippen LogP contribution in [-0.2, 0) is 0 Å². The number of likely N-dealkylation sites (tertiary alicyclic amines) is 1. The summed E-state index contributed by atoms with van der Waals surface area (Å²) in [5.41, 5.74) is 0.397. The van der Waals surface area contributed by atoms with Crippen molar-refractivity contribution in [1.82, 2.24) is 9.88 Å². The standard InChI is InChI=1S/C17H20N2O3/c1-22-16-14-7-3-2-6-13(14)9-15(18-16)17(21)19-8-4-5-12(10-19)11-20/h2-3,6-7,9,12,20H,4-5,8,10-11H2,1H3. The van der Waals surface area contributed by atoms with Crippen molar-refractivity contribution < 1.29 is 14.6 Å². The van der Waals surface area contributed by atoms with Gasteiger partial charge in [-0.25, -0.2) is 4.98 Å². The van der Waals surface area contributed by atoms with Crippen LogP contribution in [0.25, 0.3) is 10.8 Å².